The van der Waals surface area contributed by atoms with Crippen LogP contribution in [0.15, 0.2) is 12.7 Å². The van der Waals surface area contributed by atoms with Crippen LogP contribution in [-0.4, -0.2) is 25.1 Å². The highest BCUT2D eigenvalue weighted by molar-refractivity contribution is 7.19. The number of nitrogen functional groups attached to an aromatic ring is 1. The first-order valence-corrected chi connectivity index (χ1v) is 7.04. The van der Waals surface area contributed by atoms with Crippen LogP contribution in [0.5, 0.6) is 5.75 Å². The molecule has 0 saturated carbocycles. The van der Waals surface area contributed by atoms with Gasteiger partial charge in [-0.1, -0.05) is 6.08 Å². The van der Waals surface area contributed by atoms with Crippen molar-refractivity contribution < 1.29 is 9.53 Å². The monoisotopic (exact) mass is 283 g/mol. The number of rotatable bonds is 7. The molecule has 1 amide bonds. The van der Waals surface area contributed by atoms with E-state index in [0.717, 1.165) is 5.00 Å². The summed E-state index contributed by atoms with van der Waals surface area (Å²) in [6, 6.07) is 0. The van der Waals surface area contributed by atoms with E-state index in [1.165, 1.54) is 11.3 Å². The lowest BCUT2D eigenvalue weighted by molar-refractivity contribution is 0.0960. The fourth-order valence-electron chi connectivity index (χ4n) is 1.47. The predicted octanol–water partition coefficient (Wildman–Crippen LogP) is 2.47. The number of nitrogens with one attached hydrogen (secondary N) is 2. The van der Waals surface area contributed by atoms with Gasteiger partial charge < -0.3 is 21.1 Å². The molecule has 0 atom stereocenters. The summed E-state index contributed by atoms with van der Waals surface area (Å²) in [4.78, 5) is 12.4. The van der Waals surface area contributed by atoms with Gasteiger partial charge >= 0.3 is 0 Å². The zero-order valence-corrected chi connectivity index (χ0v) is 12.4. The molecular formula is C13H21N3O2S. The summed E-state index contributed by atoms with van der Waals surface area (Å²) in [6.45, 7) is 10.5. The van der Waals surface area contributed by atoms with Gasteiger partial charge in [0.25, 0.3) is 5.91 Å². The van der Waals surface area contributed by atoms with Gasteiger partial charge in [-0.3, -0.25) is 4.79 Å². The topological polar surface area (TPSA) is 76.4 Å². The Morgan fingerprint density at radius 1 is 1.58 bits per heavy atom. The van der Waals surface area contributed by atoms with Crippen LogP contribution in [0.3, 0.4) is 0 Å². The molecule has 0 bridgehead atoms. The van der Waals surface area contributed by atoms with Crippen molar-refractivity contribution in [1.29, 1.82) is 0 Å². The van der Waals surface area contributed by atoms with Crippen molar-refractivity contribution in [3.05, 3.63) is 17.5 Å². The number of thiophene rings is 1. The summed E-state index contributed by atoms with van der Waals surface area (Å²) in [5.74, 6) is 0.369. The molecule has 0 saturated heterocycles. The van der Waals surface area contributed by atoms with Crippen LogP contribution in [0.4, 0.5) is 10.7 Å². The molecule has 6 heteroatoms. The summed E-state index contributed by atoms with van der Waals surface area (Å²) in [5, 5.41) is 6.64. The predicted molar refractivity (Wildman–Crippen MR) is 81.2 cm³/mol. The van der Waals surface area contributed by atoms with Crippen molar-refractivity contribution >= 4 is 27.9 Å². The number of anilines is 2. The first-order chi connectivity index (χ1) is 9.01. The number of carbonyl (C=O) groups is 1. The quantitative estimate of drug-likeness (QED) is 0.672. The number of ether oxygens (including phenoxy) is 1. The van der Waals surface area contributed by atoms with Gasteiger partial charge in [0.05, 0.1) is 6.10 Å². The lowest BCUT2D eigenvalue weighted by Gasteiger charge is -2.12. The van der Waals surface area contributed by atoms with Crippen LogP contribution >= 0.6 is 11.3 Å². The van der Waals surface area contributed by atoms with Gasteiger partial charge in [0.15, 0.2) is 5.75 Å². The molecule has 0 aromatic carbocycles. The van der Waals surface area contributed by atoms with Gasteiger partial charge in [-0.25, -0.2) is 0 Å². The lowest BCUT2D eigenvalue weighted by atomic mass is 10.3. The Morgan fingerprint density at radius 2 is 2.26 bits per heavy atom. The van der Waals surface area contributed by atoms with Crippen LogP contribution in [-0.2, 0) is 0 Å². The molecule has 0 spiro atoms. The minimum Gasteiger partial charge on any atom is -0.486 e. The summed E-state index contributed by atoms with van der Waals surface area (Å²) in [6.07, 6.45) is 1.73. The van der Waals surface area contributed by atoms with Gasteiger partial charge in [-0.05, 0) is 20.8 Å². The van der Waals surface area contributed by atoms with Crippen LogP contribution in [0, 0.1) is 0 Å². The van der Waals surface area contributed by atoms with Crippen molar-refractivity contribution in [2.24, 2.45) is 0 Å². The normalized spacial score (nSPS) is 10.3. The Balaban J connectivity index is 3.09. The Labute approximate surface area is 117 Å². The number of carbonyl (C=O) groups excluding carboxylic acids is 1. The molecule has 0 aliphatic rings. The first kappa shape index (κ1) is 15.4. The third-order valence-electron chi connectivity index (χ3n) is 2.20. The molecule has 4 N–H and O–H groups in total. The average molecular weight is 283 g/mol. The van der Waals surface area contributed by atoms with Crippen molar-refractivity contribution in [3.8, 4) is 5.75 Å². The standard InChI is InChI=1S/C13H21N3O2S/c1-5-7-16-13-10(18-8(3)4)9(14)11(19-13)12(17)15-6-2/h5,8,16H,1,6-7,14H2,2-4H3,(H,15,17). The molecule has 0 aliphatic carbocycles. The highest BCUT2D eigenvalue weighted by atomic mass is 32.1. The Kier molecular flexibility index (Phi) is 5.69. The number of nitrogens with two attached hydrogens (primary N) is 1. The van der Waals surface area contributed by atoms with E-state index in [1.807, 2.05) is 20.8 Å². The van der Waals surface area contributed by atoms with Crippen LogP contribution < -0.4 is 21.1 Å². The molecule has 1 aromatic heterocycles. The molecule has 5 nitrogen and oxygen atoms in total. The summed E-state index contributed by atoms with van der Waals surface area (Å²) in [7, 11) is 0. The van der Waals surface area contributed by atoms with Crippen molar-refractivity contribution in [2.75, 3.05) is 24.1 Å². The number of hydrogen-bond acceptors (Lipinski definition) is 5. The van der Waals surface area contributed by atoms with Crippen molar-refractivity contribution in [1.82, 2.24) is 5.32 Å². The second-order valence-corrected chi connectivity index (χ2v) is 5.22. The molecule has 0 unspecified atom stereocenters. The SMILES string of the molecule is C=CCNc1sc(C(=O)NCC)c(N)c1OC(C)C. The smallest absolute Gasteiger partial charge is 0.263 e. The van der Waals surface area contributed by atoms with E-state index < -0.39 is 0 Å². The summed E-state index contributed by atoms with van der Waals surface area (Å²) >= 11 is 1.30. The van der Waals surface area contributed by atoms with Crippen LogP contribution in [0.1, 0.15) is 30.4 Å². The highest BCUT2D eigenvalue weighted by Crippen LogP contribution is 2.43. The van der Waals surface area contributed by atoms with Gasteiger partial charge in [0.2, 0.25) is 0 Å². The zero-order valence-electron chi connectivity index (χ0n) is 11.6. The first-order valence-electron chi connectivity index (χ1n) is 6.23. The molecule has 0 fully saturated rings. The molecule has 1 aromatic rings. The number of amides is 1. The minimum atomic E-state index is -0.176. The fraction of sp³-hybridized carbons (Fsp3) is 0.462. The van der Waals surface area contributed by atoms with E-state index in [1.54, 1.807) is 6.08 Å². The molecule has 0 aliphatic heterocycles. The number of hydrogen-bond donors (Lipinski definition) is 3. The summed E-state index contributed by atoms with van der Waals surface area (Å²) in [5.41, 5.74) is 6.40. The van der Waals surface area contributed by atoms with E-state index >= 15 is 0 Å². The van der Waals surface area contributed by atoms with Crippen LogP contribution in [0.25, 0.3) is 0 Å². The maximum absolute atomic E-state index is 11.9. The highest BCUT2D eigenvalue weighted by Gasteiger charge is 2.22. The Morgan fingerprint density at radius 3 is 2.79 bits per heavy atom. The van der Waals surface area contributed by atoms with Gasteiger partial charge in [0, 0.05) is 13.1 Å². The van der Waals surface area contributed by atoms with E-state index in [2.05, 4.69) is 17.2 Å². The van der Waals surface area contributed by atoms with E-state index in [0.29, 0.717) is 29.4 Å². The molecule has 0 radical (unpaired) electrons. The molecule has 106 valence electrons. The second kappa shape index (κ2) is 7.04. The molecule has 1 rings (SSSR count). The largest absolute Gasteiger partial charge is 0.486 e. The zero-order chi connectivity index (χ0) is 14.4. The van der Waals surface area contributed by atoms with Gasteiger partial charge in [0.1, 0.15) is 15.6 Å². The maximum atomic E-state index is 11.9. The summed E-state index contributed by atoms with van der Waals surface area (Å²) < 4.78 is 5.69. The van der Waals surface area contributed by atoms with E-state index in [4.69, 9.17) is 10.5 Å². The molecular weight excluding hydrogens is 262 g/mol. The minimum absolute atomic E-state index is 0.0109. The maximum Gasteiger partial charge on any atom is 0.263 e. The van der Waals surface area contributed by atoms with Gasteiger partial charge in [-0.15, -0.1) is 17.9 Å². The Bertz CT molecular complexity index is 455. The molecule has 1 heterocycles. The third-order valence-corrected chi connectivity index (χ3v) is 3.35. The second-order valence-electron chi connectivity index (χ2n) is 4.20. The van der Waals surface area contributed by atoms with E-state index in [-0.39, 0.29) is 12.0 Å². The lowest BCUT2D eigenvalue weighted by Crippen LogP contribution is -2.22. The van der Waals surface area contributed by atoms with Crippen LogP contribution in [0.2, 0.25) is 0 Å². The Hall–Kier alpha value is -1.69. The van der Waals surface area contributed by atoms with Gasteiger partial charge in [-0.2, -0.15) is 0 Å². The fourth-order valence-corrected chi connectivity index (χ4v) is 2.45. The third kappa shape index (κ3) is 3.89. The van der Waals surface area contributed by atoms with Crippen molar-refractivity contribution in [2.45, 2.75) is 26.9 Å². The average Bonchev–Trinajstić information content (AvgIpc) is 2.64. The van der Waals surface area contributed by atoms with E-state index in [9.17, 15) is 4.79 Å². The van der Waals surface area contributed by atoms with Crippen molar-refractivity contribution in [3.63, 3.8) is 0 Å². The molecule has 19 heavy (non-hydrogen) atoms.